The van der Waals surface area contributed by atoms with Crippen molar-refractivity contribution in [3.05, 3.63) is 29.3 Å². The van der Waals surface area contributed by atoms with Crippen molar-refractivity contribution in [1.29, 1.82) is 0 Å². The maximum Gasteiger partial charge on any atom is 0.0637 e. The lowest BCUT2D eigenvalue weighted by atomic mass is 10.1. The fraction of sp³-hybridized carbons (Fsp3) is 0.625. The Labute approximate surface area is 127 Å². The van der Waals surface area contributed by atoms with Gasteiger partial charge in [0.15, 0.2) is 0 Å². The Morgan fingerprint density at radius 2 is 1.90 bits per heavy atom. The maximum atomic E-state index is 9.21. The van der Waals surface area contributed by atoms with E-state index in [0.717, 1.165) is 31.9 Å². The number of hydrogen-bond acceptors (Lipinski definition) is 5. The van der Waals surface area contributed by atoms with Crippen LogP contribution in [0.1, 0.15) is 11.1 Å². The summed E-state index contributed by atoms with van der Waals surface area (Å²) in [5, 5.41) is 12.5. The molecule has 0 unspecified atom stereocenters. The predicted molar refractivity (Wildman–Crippen MR) is 85.9 cm³/mol. The summed E-state index contributed by atoms with van der Waals surface area (Å²) in [5.41, 5.74) is 3.62. The van der Waals surface area contributed by atoms with Crippen molar-refractivity contribution in [3.8, 4) is 0 Å². The van der Waals surface area contributed by atoms with Crippen LogP contribution < -0.4 is 10.2 Å². The quantitative estimate of drug-likeness (QED) is 0.601. The van der Waals surface area contributed by atoms with Crippen LogP contribution in [0.3, 0.4) is 0 Å². The van der Waals surface area contributed by atoms with Gasteiger partial charge in [0.2, 0.25) is 0 Å². The van der Waals surface area contributed by atoms with E-state index in [-0.39, 0.29) is 6.61 Å². The number of hydrogen-bond donors (Lipinski definition) is 2. The molecule has 1 aromatic carbocycles. The van der Waals surface area contributed by atoms with Crippen LogP contribution in [0.25, 0.3) is 0 Å². The number of nitrogens with zero attached hydrogens (tertiary/aromatic N) is 1. The molecule has 1 rings (SSSR count). The molecule has 0 aromatic heterocycles. The van der Waals surface area contributed by atoms with E-state index in [2.05, 4.69) is 35.3 Å². The van der Waals surface area contributed by atoms with Crippen molar-refractivity contribution in [3.63, 3.8) is 0 Å². The van der Waals surface area contributed by atoms with E-state index in [0.29, 0.717) is 13.2 Å². The third-order valence-electron chi connectivity index (χ3n) is 3.35. The minimum Gasteiger partial charge on any atom is -0.395 e. The number of benzene rings is 1. The molecule has 2 N–H and O–H groups in total. The normalized spacial score (nSPS) is 10.9. The second kappa shape index (κ2) is 10.6. The van der Waals surface area contributed by atoms with Crippen molar-refractivity contribution in [1.82, 2.24) is 5.32 Å². The van der Waals surface area contributed by atoms with E-state index in [1.165, 1.54) is 11.1 Å². The van der Waals surface area contributed by atoms with E-state index >= 15 is 0 Å². The molecule has 0 aliphatic carbocycles. The molecule has 0 saturated heterocycles. The van der Waals surface area contributed by atoms with Crippen LogP contribution in [0.4, 0.5) is 5.69 Å². The smallest absolute Gasteiger partial charge is 0.0637 e. The zero-order valence-electron chi connectivity index (χ0n) is 13.4. The van der Waals surface area contributed by atoms with Crippen molar-refractivity contribution in [2.24, 2.45) is 0 Å². The molecule has 5 nitrogen and oxygen atoms in total. The number of nitrogens with one attached hydrogen (secondary N) is 1. The number of ether oxygens (including phenoxy) is 2. The third-order valence-corrected chi connectivity index (χ3v) is 3.35. The lowest BCUT2D eigenvalue weighted by Gasteiger charge is -2.25. The summed E-state index contributed by atoms with van der Waals surface area (Å²) in [4.78, 5) is 2.15. The second-order valence-corrected chi connectivity index (χ2v) is 4.99. The summed E-state index contributed by atoms with van der Waals surface area (Å²) in [6.45, 7) is 6.70. The highest BCUT2D eigenvalue weighted by Crippen LogP contribution is 2.21. The van der Waals surface area contributed by atoms with E-state index in [4.69, 9.17) is 9.47 Å². The first-order valence-corrected chi connectivity index (χ1v) is 7.36. The maximum absolute atomic E-state index is 9.21. The average Bonchev–Trinajstić information content (AvgIpc) is 2.48. The molecule has 21 heavy (non-hydrogen) atoms. The fourth-order valence-electron chi connectivity index (χ4n) is 2.26. The van der Waals surface area contributed by atoms with Gasteiger partial charge in [-0.2, -0.15) is 0 Å². The minimum atomic E-state index is 0.142. The molecule has 0 heterocycles. The number of aliphatic hydroxyl groups is 1. The van der Waals surface area contributed by atoms with Gasteiger partial charge < -0.3 is 24.8 Å². The summed E-state index contributed by atoms with van der Waals surface area (Å²) in [5.74, 6) is 0. The van der Waals surface area contributed by atoms with Crippen LogP contribution in [0.2, 0.25) is 0 Å². The van der Waals surface area contributed by atoms with Gasteiger partial charge in [0, 0.05) is 46.1 Å². The Bertz CT molecular complexity index is 399. The number of rotatable bonds is 11. The first-order valence-electron chi connectivity index (χ1n) is 7.36. The van der Waals surface area contributed by atoms with E-state index in [1.54, 1.807) is 14.2 Å². The summed E-state index contributed by atoms with van der Waals surface area (Å²) >= 11 is 0. The van der Waals surface area contributed by atoms with Gasteiger partial charge >= 0.3 is 0 Å². The molecule has 1 aromatic rings. The van der Waals surface area contributed by atoms with Gasteiger partial charge in [-0.05, 0) is 24.1 Å². The number of anilines is 1. The molecule has 0 spiro atoms. The SMILES string of the molecule is COCCNCc1ccc(N(CCO)CCOC)c(C)c1. The van der Waals surface area contributed by atoms with Crippen LogP contribution in [0, 0.1) is 6.92 Å². The summed E-state index contributed by atoms with van der Waals surface area (Å²) < 4.78 is 10.1. The largest absolute Gasteiger partial charge is 0.395 e. The predicted octanol–water partition coefficient (Wildman–Crippen LogP) is 1.18. The highest BCUT2D eigenvalue weighted by Gasteiger charge is 2.09. The van der Waals surface area contributed by atoms with Gasteiger partial charge in [-0.3, -0.25) is 0 Å². The molecule has 0 aliphatic rings. The zero-order chi connectivity index (χ0) is 15.5. The van der Waals surface area contributed by atoms with Crippen molar-refractivity contribution >= 4 is 5.69 Å². The number of methoxy groups -OCH3 is 2. The Morgan fingerprint density at radius 1 is 1.14 bits per heavy atom. The summed E-state index contributed by atoms with van der Waals surface area (Å²) in [7, 11) is 3.40. The molecular weight excluding hydrogens is 268 g/mol. The molecule has 0 saturated carbocycles. The van der Waals surface area contributed by atoms with E-state index in [9.17, 15) is 5.11 Å². The Morgan fingerprint density at radius 3 is 2.52 bits per heavy atom. The monoisotopic (exact) mass is 296 g/mol. The molecule has 5 heteroatoms. The van der Waals surface area contributed by atoms with Crippen LogP contribution in [0.15, 0.2) is 18.2 Å². The average molecular weight is 296 g/mol. The topological polar surface area (TPSA) is 54.0 Å². The van der Waals surface area contributed by atoms with Gasteiger partial charge in [-0.25, -0.2) is 0 Å². The molecule has 0 fully saturated rings. The molecule has 0 aliphatic heterocycles. The summed E-state index contributed by atoms with van der Waals surface area (Å²) in [6.07, 6.45) is 0. The van der Waals surface area contributed by atoms with E-state index in [1.807, 2.05) is 0 Å². The first kappa shape index (κ1) is 17.9. The van der Waals surface area contributed by atoms with Gasteiger partial charge in [-0.1, -0.05) is 12.1 Å². The fourth-order valence-corrected chi connectivity index (χ4v) is 2.26. The molecule has 0 amide bonds. The Balaban J connectivity index is 2.65. The zero-order valence-corrected chi connectivity index (χ0v) is 13.4. The van der Waals surface area contributed by atoms with Crippen molar-refractivity contribution < 1.29 is 14.6 Å². The first-order chi connectivity index (χ1) is 10.2. The molecule has 0 bridgehead atoms. The summed E-state index contributed by atoms with van der Waals surface area (Å²) in [6, 6.07) is 6.43. The van der Waals surface area contributed by atoms with Gasteiger partial charge in [-0.15, -0.1) is 0 Å². The van der Waals surface area contributed by atoms with Crippen molar-refractivity contribution in [2.75, 3.05) is 58.6 Å². The Kier molecular flexibility index (Phi) is 9.01. The Hall–Kier alpha value is -1.14. The van der Waals surface area contributed by atoms with Gasteiger partial charge in [0.25, 0.3) is 0 Å². The molecule has 0 atom stereocenters. The van der Waals surface area contributed by atoms with Crippen LogP contribution in [-0.4, -0.2) is 58.8 Å². The number of aryl methyl sites for hydroxylation is 1. The van der Waals surface area contributed by atoms with Crippen molar-refractivity contribution in [2.45, 2.75) is 13.5 Å². The second-order valence-electron chi connectivity index (χ2n) is 4.99. The third kappa shape index (κ3) is 6.44. The molecule has 120 valence electrons. The van der Waals surface area contributed by atoms with Crippen LogP contribution in [0.5, 0.6) is 0 Å². The number of aliphatic hydroxyl groups excluding tert-OH is 1. The minimum absolute atomic E-state index is 0.142. The van der Waals surface area contributed by atoms with Crippen LogP contribution >= 0.6 is 0 Å². The molecule has 0 radical (unpaired) electrons. The van der Waals surface area contributed by atoms with Gasteiger partial charge in [0.05, 0.1) is 19.8 Å². The standard InChI is InChI=1S/C16H28N2O3/c1-14-12-15(13-17-6-10-20-2)4-5-16(14)18(7-9-19)8-11-21-3/h4-5,12,17,19H,6-11,13H2,1-3H3. The van der Waals surface area contributed by atoms with E-state index < -0.39 is 0 Å². The lowest BCUT2D eigenvalue weighted by molar-refractivity contribution is 0.199. The highest BCUT2D eigenvalue weighted by atomic mass is 16.5. The molecular formula is C16H28N2O3. The highest BCUT2D eigenvalue weighted by molar-refractivity contribution is 5.54. The van der Waals surface area contributed by atoms with Crippen LogP contribution in [-0.2, 0) is 16.0 Å². The lowest BCUT2D eigenvalue weighted by Crippen LogP contribution is -2.30. The van der Waals surface area contributed by atoms with Gasteiger partial charge in [0.1, 0.15) is 0 Å².